The standard InChI is InChI=1S/C15H17BrIN3/c1-8(2)13-12(17)15(18-4)20-14(19-13)10-6-5-9(3)11(16)7-10/h5-8H,1-4H3,(H,18,19,20). The Morgan fingerprint density at radius 2 is 1.95 bits per heavy atom. The molecule has 0 saturated heterocycles. The number of nitrogens with one attached hydrogen (secondary N) is 1. The lowest BCUT2D eigenvalue weighted by molar-refractivity contribution is 0.809. The summed E-state index contributed by atoms with van der Waals surface area (Å²) in [6.45, 7) is 6.37. The van der Waals surface area contributed by atoms with Gasteiger partial charge < -0.3 is 5.32 Å². The molecular weight excluding hydrogens is 429 g/mol. The Kier molecular flexibility index (Phi) is 5.01. The van der Waals surface area contributed by atoms with Crippen LogP contribution in [0.25, 0.3) is 11.4 Å². The summed E-state index contributed by atoms with van der Waals surface area (Å²) in [6, 6.07) is 6.21. The van der Waals surface area contributed by atoms with Gasteiger partial charge in [0.1, 0.15) is 5.82 Å². The Morgan fingerprint density at radius 3 is 2.50 bits per heavy atom. The van der Waals surface area contributed by atoms with Gasteiger partial charge in [-0.15, -0.1) is 0 Å². The molecule has 2 rings (SSSR count). The van der Waals surface area contributed by atoms with Gasteiger partial charge in [-0.25, -0.2) is 9.97 Å². The van der Waals surface area contributed by atoms with Crippen molar-refractivity contribution in [1.29, 1.82) is 0 Å². The summed E-state index contributed by atoms with van der Waals surface area (Å²) >= 11 is 5.88. The molecule has 0 atom stereocenters. The Bertz CT molecular complexity index is 641. The van der Waals surface area contributed by atoms with E-state index in [1.54, 1.807) is 0 Å². The van der Waals surface area contributed by atoms with Crippen LogP contribution < -0.4 is 5.32 Å². The first-order chi connectivity index (χ1) is 9.43. The van der Waals surface area contributed by atoms with Gasteiger partial charge in [-0.2, -0.15) is 0 Å². The van der Waals surface area contributed by atoms with Gasteiger partial charge in [0, 0.05) is 17.1 Å². The van der Waals surface area contributed by atoms with E-state index in [0.717, 1.165) is 30.9 Å². The van der Waals surface area contributed by atoms with Gasteiger partial charge in [0.2, 0.25) is 0 Å². The van der Waals surface area contributed by atoms with E-state index in [1.165, 1.54) is 5.56 Å². The summed E-state index contributed by atoms with van der Waals surface area (Å²) in [6.07, 6.45) is 0. The van der Waals surface area contributed by atoms with Crippen LogP contribution in [0.5, 0.6) is 0 Å². The smallest absolute Gasteiger partial charge is 0.161 e. The molecule has 0 fully saturated rings. The molecule has 1 N–H and O–H groups in total. The van der Waals surface area contributed by atoms with Crippen molar-refractivity contribution in [3.8, 4) is 11.4 Å². The summed E-state index contributed by atoms with van der Waals surface area (Å²) in [5.41, 5.74) is 3.31. The highest BCUT2D eigenvalue weighted by molar-refractivity contribution is 14.1. The van der Waals surface area contributed by atoms with Crippen molar-refractivity contribution in [1.82, 2.24) is 9.97 Å². The maximum atomic E-state index is 4.74. The highest BCUT2D eigenvalue weighted by Gasteiger charge is 2.15. The van der Waals surface area contributed by atoms with Crippen LogP contribution in [-0.4, -0.2) is 17.0 Å². The van der Waals surface area contributed by atoms with Crippen LogP contribution in [0, 0.1) is 10.5 Å². The van der Waals surface area contributed by atoms with Gasteiger partial charge in [0.15, 0.2) is 5.82 Å². The molecule has 0 aliphatic rings. The largest absolute Gasteiger partial charge is 0.372 e. The minimum Gasteiger partial charge on any atom is -0.372 e. The van der Waals surface area contributed by atoms with Crippen molar-refractivity contribution in [2.24, 2.45) is 0 Å². The average Bonchev–Trinajstić information content (AvgIpc) is 2.42. The number of halogens is 2. The lowest BCUT2D eigenvalue weighted by atomic mass is 10.1. The van der Waals surface area contributed by atoms with Crippen LogP contribution in [-0.2, 0) is 0 Å². The average molecular weight is 446 g/mol. The van der Waals surface area contributed by atoms with E-state index in [0.29, 0.717) is 5.92 Å². The van der Waals surface area contributed by atoms with Crippen molar-refractivity contribution >= 4 is 44.3 Å². The molecule has 2 aromatic rings. The molecule has 0 bridgehead atoms. The van der Waals surface area contributed by atoms with E-state index < -0.39 is 0 Å². The fourth-order valence-electron chi connectivity index (χ4n) is 1.87. The molecule has 5 heteroatoms. The SMILES string of the molecule is CNc1nc(-c2ccc(C)c(Br)c2)nc(C(C)C)c1I. The fourth-order valence-corrected chi connectivity index (χ4v) is 3.39. The second kappa shape index (κ2) is 6.39. The number of rotatable bonds is 3. The van der Waals surface area contributed by atoms with Crippen LogP contribution in [0.2, 0.25) is 0 Å². The maximum absolute atomic E-state index is 4.74. The minimum absolute atomic E-state index is 0.365. The lowest BCUT2D eigenvalue weighted by Crippen LogP contribution is -2.06. The third-order valence-electron chi connectivity index (χ3n) is 3.09. The first-order valence-electron chi connectivity index (χ1n) is 6.45. The number of anilines is 1. The molecule has 0 spiro atoms. The Hall–Kier alpha value is -0.690. The summed E-state index contributed by atoms with van der Waals surface area (Å²) in [4.78, 5) is 9.37. The predicted molar refractivity (Wildman–Crippen MR) is 96.3 cm³/mol. The Labute approximate surface area is 141 Å². The normalized spacial score (nSPS) is 10.9. The molecule has 3 nitrogen and oxygen atoms in total. The van der Waals surface area contributed by atoms with E-state index in [2.05, 4.69) is 87.8 Å². The highest BCUT2D eigenvalue weighted by Crippen LogP contribution is 2.29. The van der Waals surface area contributed by atoms with Crippen molar-refractivity contribution < 1.29 is 0 Å². The van der Waals surface area contributed by atoms with Gasteiger partial charge in [-0.3, -0.25) is 0 Å². The summed E-state index contributed by atoms with van der Waals surface area (Å²) in [5.74, 6) is 2.01. The topological polar surface area (TPSA) is 37.8 Å². The summed E-state index contributed by atoms with van der Waals surface area (Å²) < 4.78 is 2.17. The number of aromatic nitrogens is 2. The van der Waals surface area contributed by atoms with Crippen molar-refractivity contribution in [3.63, 3.8) is 0 Å². The zero-order valence-corrected chi connectivity index (χ0v) is 15.7. The minimum atomic E-state index is 0.365. The van der Waals surface area contributed by atoms with Crippen LogP contribution >= 0.6 is 38.5 Å². The van der Waals surface area contributed by atoms with Gasteiger partial charge in [0.05, 0.1) is 9.26 Å². The van der Waals surface area contributed by atoms with Crippen LogP contribution in [0.3, 0.4) is 0 Å². The molecular formula is C15H17BrIN3. The van der Waals surface area contributed by atoms with Crippen molar-refractivity contribution in [2.75, 3.05) is 12.4 Å². The van der Waals surface area contributed by atoms with Crippen molar-refractivity contribution in [2.45, 2.75) is 26.7 Å². The maximum Gasteiger partial charge on any atom is 0.161 e. The molecule has 1 aromatic carbocycles. The van der Waals surface area contributed by atoms with E-state index in [1.807, 2.05) is 7.05 Å². The van der Waals surface area contributed by atoms with Crippen LogP contribution in [0.4, 0.5) is 5.82 Å². The molecule has 0 unspecified atom stereocenters. The number of hydrogen-bond donors (Lipinski definition) is 1. The second-order valence-electron chi connectivity index (χ2n) is 4.96. The van der Waals surface area contributed by atoms with Crippen LogP contribution in [0.15, 0.2) is 22.7 Å². The second-order valence-corrected chi connectivity index (χ2v) is 6.90. The zero-order valence-electron chi connectivity index (χ0n) is 12.0. The molecule has 0 radical (unpaired) electrons. The van der Waals surface area contributed by atoms with Crippen molar-refractivity contribution in [3.05, 3.63) is 37.5 Å². The molecule has 0 amide bonds. The molecule has 1 aromatic heterocycles. The molecule has 106 valence electrons. The van der Waals surface area contributed by atoms with E-state index in [4.69, 9.17) is 4.98 Å². The van der Waals surface area contributed by atoms with Gasteiger partial charge in [-0.1, -0.05) is 41.9 Å². The van der Waals surface area contributed by atoms with E-state index >= 15 is 0 Å². The molecule has 1 heterocycles. The Morgan fingerprint density at radius 1 is 1.25 bits per heavy atom. The van der Waals surface area contributed by atoms with E-state index in [-0.39, 0.29) is 0 Å². The van der Waals surface area contributed by atoms with E-state index in [9.17, 15) is 0 Å². The quantitative estimate of drug-likeness (QED) is 0.676. The zero-order chi connectivity index (χ0) is 14.9. The third-order valence-corrected chi connectivity index (χ3v) is 5.01. The first kappa shape index (κ1) is 15.7. The monoisotopic (exact) mass is 445 g/mol. The van der Waals surface area contributed by atoms with Gasteiger partial charge in [0.25, 0.3) is 0 Å². The number of aryl methyl sites for hydroxylation is 1. The first-order valence-corrected chi connectivity index (χ1v) is 8.33. The summed E-state index contributed by atoms with van der Waals surface area (Å²) in [5, 5.41) is 3.16. The van der Waals surface area contributed by atoms with Crippen LogP contribution in [0.1, 0.15) is 31.0 Å². The molecule has 0 aliphatic carbocycles. The molecule has 0 aliphatic heterocycles. The number of hydrogen-bond acceptors (Lipinski definition) is 3. The molecule has 0 saturated carbocycles. The number of nitrogens with zero attached hydrogens (tertiary/aromatic N) is 2. The Balaban J connectivity index is 2.61. The summed E-state index contributed by atoms with van der Waals surface area (Å²) in [7, 11) is 1.89. The van der Waals surface area contributed by atoms with Gasteiger partial charge in [-0.05, 0) is 47.1 Å². The predicted octanol–water partition coefficient (Wildman–Crippen LogP) is 4.98. The fraction of sp³-hybridized carbons (Fsp3) is 0.333. The molecule has 20 heavy (non-hydrogen) atoms. The lowest BCUT2D eigenvalue weighted by Gasteiger charge is -2.14. The number of benzene rings is 1. The van der Waals surface area contributed by atoms with Gasteiger partial charge >= 0.3 is 0 Å². The third kappa shape index (κ3) is 3.14. The highest BCUT2D eigenvalue weighted by atomic mass is 127.